The Balaban J connectivity index is 2.86. The first-order valence-electron chi connectivity index (χ1n) is 3.05. The quantitative estimate of drug-likeness (QED) is 0.786. The Kier molecular flexibility index (Phi) is 1.73. The van der Waals surface area contributed by atoms with Crippen molar-refractivity contribution in [2.75, 3.05) is 0 Å². The van der Waals surface area contributed by atoms with Gasteiger partial charge in [-0.1, -0.05) is 0 Å². The molecule has 2 aromatic rings. The van der Waals surface area contributed by atoms with Gasteiger partial charge in [0.15, 0.2) is 0 Å². The van der Waals surface area contributed by atoms with Crippen LogP contribution in [0, 0.1) is 0 Å². The number of hydrogen-bond acceptors (Lipinski definition) is 1. The van der Waals surface area contributed by atoms with Gasteiger partial charge in [0.2, 0.25) is 0 Å². The van der Waals surface area contributed by atoms with Crippen LogP contribution in [0.3, 0.4) is 0 Å². The van der Waals surface area contributed by atoms with Gasteiger partial charge < -0.3 is 4.98 Å². The molecule has 0 unspecified atom stereocenters. The molecule has 0 radical (unpaired) electrons. The fraction of sp³-hybridized carbons (Fsp3) is 0. The lowest BCUT2D eigenvalue weighted by molar-refractivity contribution is 1.34. The molecule has 0 saturated heterocycles. The van der Waals surface area contributed by atoms with Crippen molar-refractivity contribution in [1.29, 1.82) is 0 Å². The Morgan fingerprint density at radius 2 is 1.91 bits per heavy atom. The highest BCUT2D eigenvalue weighted by atomic mass is 79.9. The first-order valence-corrected chi connectivity index (χ1v) is 4.64. The lowest BCUT2D eigenvalue weighted by Gasteiger charge is -1.93. The highest BCUT2D eigenvalue weighted by molar-refractivity contribution is 9.13. The SMILES string of the molecule is Brc1cc2nc[nH]c2cc1Br. The summed E-state index contributed by atoms with van der Waals surface area (Å²) in [4.78, 5) is 7.14. The Morgan fingerprint density at radius 3 is 2.73 bits per heavy atom. The van der Waals surface area contributed by atoms with E-state index in [0.717, 1.165) is 20.0 Å². The normalized spacial score (nSPS) is 10.7. The van der Waals surface area contributed by atoms with Gasteiger partial charge in [-0.15, -0.1) is 0 Å². The van der Waals surface area contributed by atoms with Crippen LogP contribution in [0.25, 0.3) is 11.0 Å². The van der Waals surface area contributed by atoms with Crippen molar-refractivity contribution >= 4 is 42.9 Å². The summed E-state index contributed by atoms with van der Waals surface area (Å²) in [5.74, 6) is 0. The van der Waals surface area contributed by atoms with Crippen LogP contribution in [0.2, 0.25) is 0 Å². The third-order valence-corrected chi connectivity index (χ3v) is 3.31. The summed E-state index contributed by atoms with van der Waals surface area (Å²) < 4.78 is 2.06. The van der Waals surface area contributed by atoms with E-state index in [0.29, 0.717) is 0 Å². The van der Waals surface area contributed by atoms with Gasteiger partial charge in [-0.3, -0.25) is 0 Å². The van der Waals surface area contributed by atoms with Gasteiger partial charge in [-0.2, -0.15) is 0 Å². The van der Waals surface area contributed by atoms with E-state index in [4.69, 9.17) is 0 Å². The van der Waals surface area contributed by atoms with E-state index < -0.39 is 0 Å². The fourth-order valence-electron chi connectivity index (χ4n) is 0.930. The highest BCUT2D eigenvalue weighted by Crippen LogP contribution is 2.26. The number of fused-ring (bicyclic) bond motifs is 1. The minimum absolute atomic E-state index is 0.972. The predicted molar refractivity (Wildman–Crippen MR) is 51.5 cm³/mol. The maximum atomic E-state index is 4.11. The number of rotatable bonds is 0. The van der Waals surface area contributed by atoms with Crippen molar-refractivity contribution in [2.24, 2.45) is 0 Å². The molecule has 0 atom stereocenters. The predicted octanol–water partition coefficient (Wildman–Crippen LogP) is 3.09. The number of imidazole rings is 1. The second kappa shape index (κ2) is 2.60. The maximum absolute atomic E-state index is 4.11. The van der Waals surface area contributed by atoms with Crippen molar-refractivity contribution in [3.8, 4) is 0 Å². The van der Waals surface area contributed by atoms with Crippen LogP contribution in [-0.2, 0) is 0 Å². The lowest BCUT2D eigenvalue weighted by Crippen LogP contribution is -1.71. The molecule has 0 saturated carbocycles. The third-order valence-electron chi connectivity index (χ3n) is 1.46. The Labute approximate surface area is 80.3 Å². The van der Waals surface area contributed by atoms with Crippen LogP contribution in [0.5, 0.6) is 0 Å². The minimum Gasteiger partial charge on any atom is -0.345 e. The molecular formula is C7H4Br2N2. The van der Waals surface area contributed by atoms with E-state index in [9.17, 15) is 0 Å². The molecule has 0 aliphatic rings. The number of aromatic amines is 1. The first-order chi connectivity index (χ1) is 5.27. The summed E-state index contributed by atoms with van der Waals surface area (Å²) in [6.07, 6.45) is 1.68. The molecule has 0 amide bonds. The number of halogens is 2. The first kappa shape index (κ1) is 7.31. The summed E-state index contributed by atoms with van der Waals surface area (Å²) in [6.45, 7) is 0. The molecule has 2 nitrogen and oxygen atoms in total. The van der Waals surface area contributed by atoms with Crippen LogP contribution in [0.4, 0.5) is 0 Å². The molecule has 2 rings (SSSR count). The van der Waals surface area contributed by atoms with Gasteiger partial charge in [0.25, 0.3) is 0 Å². The average molecular weight is 276 g/mol. The number of H-pyrrole nitrogens is 1. The zero-order valence-electron chi connectivity index (χ0n) is 5.44. The van der Waals surface area contributed by atoms with Crippen molar-refractivity contribution in [1.82, 2.24) is 9.97 Å². The maximum Gasteiger partial charge on any atom is 0.0931 e. The van der Waals surface area contributed by atoms with Gasteiger partial charge in [0, 0.05) is 8.95 Å². The summed E-state index contributed by atoms with van der Waals surface area (Å²) in [5.41, 5.74) is 2.01. The average Bonchev–Trinajstić information content (AvgIpc) is 2.36. The fourth-order valence-corrected chi connectivity index (χ4v) is 1.60. The van der Waals surface area contributed by atoms with Gasteiger partial charge >= 0.3 is 0 Å². The van der Waals surface area contributed by atoms with Crippen LogP contribution < -0.4 is 0 Å². The molecule has 1 aromatic heterocycles. The number of nitrogens with zero attached hydrogens (tertiary/aromatic N) is 1. The molecule has 1 heterocycles. The summed E-state index contributed by atoms with van der Waals surface area (Å²) in [6, 6.07) is 3.96. The van der Waals surface area contributed by atoms with Crippen LogP contribution in [-0.4, -0.2) is 9.97 Å². The molecule has 1 aromatic carbocycles. The summed E-state index contributed by atoms with van der Waals surface area (Å²) >= 11 is 6.81. The molecule has 56 valence electrons. The minimum atomic E-state index is 0.972. The van der Waals surface area contributed by atoms with E-state index in [1.54, 1.807) is 6.33 Å². The summed E-state index contributed by atoms with van der Waals surface area (Å²) in [5, 5.41) is 0. The molecule has 0 bridgehead atoms. The zero-order chi connectivity index (χ0) is 7.84. The van der Waals surface area contributed by atoms with E-state index in [-0.39, 0.29) is 0 Å². The largest absolute Gasteiger partial charge is 0.345 e. The Bertz CT molecular complexity index is 358. The van der Waals surface area contributed by atoms with Gasteiger partial charge in [-0.25, -0.2) is 4.98 Å². The molecule has 11 heavy (non-hydrogen) atoms. The van der Waals surface area contributed by atoms with Crippen molar-refractivity contribution in [2.45, 2.75) is 0 Å². The topological polar surface area (TPSA) is 28.7 Å². The number of hydrogen-bond donors (Lipinski definition) is 1. The van der Waals surface area contributed by atoms with Gasteiger partial charge in [0.1, 0.15) is 0 Å². The van der Waals surface area contributed by atoms with Crippen LogP contribution in [0.1, 0.15) is 0 Å². The second-order valence-corrected chi connectivity index (χ2v) is 3.89. The number of benzene rings is 1. The van der Waals surface area contributed by atoms with Gasteiger partial charge in [0.05, 0.1) is 17.4 Å². The van der Waals surface area contributed by atoms with Gasteiger partial charge in [-0.05, 0) is 44.0 Å². The number of aromatic nitrogens is 2. The van der Waals surface area contributed by atoms with E-state index >= 15 is 0 Å². The van der Waals surface area contributed by atoms with E-state index in [2.05, 4.69) is 41.8 Å². The highest BCUT2D eigenvalue weighted by Gasteiger charge is 2.00. The second-order valence-electron chi connectivity index (χ2n) is 2.19. The molecule has 0 fully saturated rings. The molecule has 0 aliphatic heterocycles. The molecule has 0 aliphatic carbocycles. The molecule has 4 heteroatoms. The monoisotopic (exact) mass is 274 g/mol. The Hall–Kier alpha value is -0.350. The van der Waals surface area contributed by atoms with Crippen LogP contribution in [0.15, 0.2) is 27.4 Å². The van der Waals surface area contributed by atoms with E-state index in [1.165, 1.54) is 0 Å². The number of nitrogens with one attached hydrogen (secondary N) is 1. The van der Waals surface area contributed by atoms with Crippen LogP contribution >= 0.6 is 31.9 Å². The zero-order valence-corrected chi connectivity index (χ0v) is 8.61. The summed E-state index contributed by atoms with van der Waals surface area (Å²) in [7, 11) is 0. The van der Waals surface area contributed by atoms with Crippen molar-refractivity contribution < 1.29 is 0 Å². The Morgan fingerprint density at radius 1 is 1.18 bits per heavy atom. The third kappa shape index (κ3) is 1.20. The molecule has 1 N–H and O–H groups in total. The molecular weight excluding hydrogens is 272 g/mol. The molecule has 0 spiro atoms. The van der Waals surface area contributed by atoms with Crippen molar-refractivity contribution in [3.63, 3.8) is 0 Å². The van der Waals surface area contributed by atoms with Crippen molar-refractivity contribution in [3.05, 3.63) is 27.4 Å². The standard InChI is InChI=1S/C7H4Br2N2/c8-4-1-6-7(2-5(4)9)11-3-10-6/h1-3H,(H,10,11). The van der Waals surface area contributed by atoms with E-state index in [1.807, 2.05) is 12.1 Å². The smallest absolute Gasteiger partial charge is 0.0931 e. The lowest BCUT2D eigenvalue weighted by atomic mass is 10.3.